The highest BCUT2D eigenvalue weighted by atomic mass is 16.5. The highest BCUT2D eigenvalue weighted by Gasteiger charge is 2.17. The lowest BCUT2D eigenvalue weighted by Crippen LogP contribution is -2.31. The zero-order valence-electron chi connectivity index (χ0n) is 11.3. The fourth-order valence-electron chi connectivity index (χ4n) is 1.56. The molecule has 0 spiro atoms. The number of likely N-dealkylation sites (N-methyl/N-ethyl adjacent to an activating group) is 1. The fourth-order valence-corrected chi connectivity index (χ4v) is 1.56. The highest BCUT2D eigenvalue weighted by molar-refractivity contribution is 5.99. The lowest BCUT2D eigenvalue weighted by atomic mass is 10.1. The molecule has 0 aromatic heterocycles. The number of hydrogen-bond acceptors (Lipinski definition) is 4. The molecule has 0 aliphatic carbocycles. The fraction of sp³-hybridized carbons (Fsp3) is 0.462. The van der Waals surface area contributed by atoms with Crippen molar-refractivity contribution in [2.24, 2.45) is 0 Å². The smallest absolute Gasteiger partial charge is 0.258 e. The van der Waals surface area contributed by atoms with Crippen LogP contribution in [0, 0.1) is 0 Å². The first-order valence-corrected chi connectivity index (χ1v) is 5.74. The number of nitrogens with zero attached hydrogens (tertiary/aromatic N) is 1. The van der Waals surface area contributed by atoms with Crippen molar-refractivity contribution in [3.63, 3.8) is 0 Å². The summed E-state index contributed by atoms with van der Waals surface area (Å²) in [6.45, 7) is 1.36. The summed E-state index contributed by atoms with van der Waals surface area (Å²) in [4.78, 5) is 14.1. The van der Waals surface area contributed by atoms with Crippen molar-refractivity contribution in [3.8, 4) is 11.5 Å². The van der Waals surface area contributed by atoms with Gasteiger partial charge in [0.05, 0.1) is 14.2 Å². The molecule has 1 rings (SSSR count). The van der Waals surface area contributed by atoms with Crippen LogP contribution in [0.1, 0.15) is 10.4 Å². The van der Waals surface area contributed by atoms with Crippen LogP contribution in [-0.4, -0.2) is 52.2 Å². The van der Waals surface area contributed by atoms with Crippen LogP contribution < -0.4 is 14.8 Å². The number of amides is 1. The van der Waals surface area contributed by atoms with Gasteiger partial charge < -0.3 is 19.7 Å². The SMILES string of the molecule is COc1cccc(OC)c1C(=O)NCCN(C)C. The molecule has 0 heterocycles. The second kappa shape index (κ2) is 6.86. The molecule has 0 aliphatic heterocycles. The van der Waals surface area contributed by atoms with Gasteiger partial charge >= 0.3 is 0 Å². The molecule has 18 heavy (non-hydrogen) atoms. The van der Waals surface area contributed by atoms with Gasteiger partial charge in [-0.1, -0.05) is 6.07 Å². The van der Waals surface area contributed by atoms with E-state index in [1.807, 2.05) is 19.0 Å². The van der Waals surface area contributed by atoms with Gasteiger partial charge in [-0.3, -0.25) is 4.79 Å². The Bertz CT molecular complexity index is 383. The first-order chi connectivity index (χ1) is 8.60. The number of nitrogens with one attached hydrogen (secondary N) is 1. The van der Waals surface area contributed by atoms with Gasteiger partial charge in [-0.05, 0) is 26.2 Å². The van der Waals surface area contributed by atoms with E-state index in [4.69, 9.17) is 9.47 Å². The molecular formula is C13H20N2O3. The lowest BCUT2D eigenvalue weighted by Gasteiger charge is -2.14. The van der Waals surface area contributed by atoms with Crippen molar-refractivity contribution in [3.05, 3.63) is 23.8 Å². The van der Waals surface area contributed by atoms with E-state index >= 15 is 0 Å². The Hall–Kier alpha value is -1.75. The van der Waals surface area contributed by atoms with Gasteiger partial charge in [-0.25, -0.2) is 0 Å². The predicted molar refractivity (Wildman–Crippen MR) is 70.4 cm³/mol. The Balaban J connectivity index is 2.83. The van der Waals surface area contributed by atoms with Gasteiger partial charge in [-0.15, -0.1) is 0 Å². The molecule has 0 fully saturated rings. The summed E-state index contributed by atoms with van der Waals surface area (Å²) in [5, 5.41) is 2.84. The summed E-state index contributed by atoms with van der Waals surface area (Å²) >= 11 is 0. The van der Waals surface area contributed by atoms with Gasteiger partial charge in [0.25, 0.3) is 5.91 Å². The van der Waals surface area contributed by atoms with Crippen LogP contribution in [0.3, 0.4) is 0 Å². The molecule has 0 radical (unpaired) electrons. The van der Waals surface area contributed by atoms with Crippen molar-refractivity contribution < 1.29 is 14.3 Å². The van der Waals surface area contributed by atoms with E-state index in [0.29, 0.717) is 23.6 Å². The van der Waals surface area contributed by atoms with E-state index in [2.05, 4.69) is 5.32 Å². The van der Waals surface area contributed by atoms with Crippen LogP contribution >= 0.6 is 0 Å². The molecule has 0 unspecified atom stereocenters. The monoisotopic (exact) mass is 252 g/mol. The zero-order valence-corrected chi connectivity index (χ0v) is 11.3. The zero-order chi connectivity index (χ0) is 13.5. The van der Waals surface area contributed by atoms with Crippen LogP contribution in [0.2, 0.25) is 0 Å². The Morgan fingerprint density at radius 3 is 2.22 bits per heavy atom. The van der Waals surface area contributed by atoms with E-state index < -0.39 is 0 Å². The number of hydrogen-bond donors (Lipinski definition) is 1. The number of methoxy groups -OCH3 is 2. The average Bonchev–Trinajstić information content (AvgIpc) is 2.36. The third kappa shape index (κ3) is 3.63. The summed E-state index contributed by atoms with van der Waals surface area (Å²) < 4.78 is 10.4. The molecule has 0 aliphatic rings. The quantitative estimate of drug-likeness (QED) is 0.820. The summed E-state index contributed by atoms with van der Waals surface area (Å²) in [5.41, 5.74) is 0.432. The Labute approximate surface area is 108 Å². The molecule has 5 nitrogen and oxygen atoms in total. The number of benzene rings is 1. The molecule has 5 heteroatoms. The predicted octanol–water partition coefficient (Wildman–Crippen LogP) is 0.995. The van der Waals surface area contributed by atoms with Crippen LogP contribution in [0.15, 0.2) is 18.2 Å². The standard InChI is InChI=1S/C13H20N2O3/c1-15(2)9-8-14-13(16)12-10(17-3)6-5-7-11(12)18-4/h5-7H,8-9H2,1-4H3,(H,14,16). The average molecular weight is 252 g/mol. The first kappa shape index (κ1) is 14.3. The summed E-state index contributed by atoms with van der Waals surface area (Å²) in [5.74, 6) is 0.833. The van der Waals surface area contributed by atoms with Crippen LogP contribution in [0.4, 0.5) is 0 Å². The molecule has 0 saturated carbocycles. The van der Waals surface area contributed by atoms with Crippen LogP contribution in [0.25, 0.3) is 0 Å². The Morgan fingerprint density at radius 2 is 1.78 bits per heavy atom. The van der Waals surface area contributed by atoms with Gasteiger partial charge in [0.15, 0.2) is 0 Å². The van der Waals surface area contributed by atoms with Crippen molar-refractivity contribution >= 4 is 5.91 Å². The van der Waals surface area contributed by atoms with Gasteiger partial charge in [0, 0.05) is 13.1 Å². The van der Waals surface area contributed by atoms with E-state index in [1.54, 1.807) is 18.2 Å². The van der Waals surface area contributed by atoms with Crippen LogP contribution in [-0.2, 0) is 0 Å². The third-order valence-corrected chi connectivity index (χ3v) is 2.50. The third-order valence-electron chi connectivity index (χ3n) is 2.50. The molecule has 1 amide bonds. The lowest BCUT2D eigenvalue weighted by molar-refractivity contribution is 0.0945. The molecular weight excluding hydrogens is 232 g/mol. The Morgan fingerprint density at radius 1 is 1.22 bits per heavy atom. The van der Waals surface area contributed by atoms with E-state index in [-0.39, 0.29) is 5.91 Å². The number of rotatable bonds is 6. The van der Waals surface area contributed by atoms with Crippen molar-refractivity contribution in [2.75, 3.05) is 41.4 Å². The normalized spacial score (nSPS) is 10.3. The second-order valence-electron chi connectivity index (χ2n) is 4.10. The van der Waals surface area contributed by atoms with Gasteiger partial charge in [-0.2, -0.15) is 0 Å². The van der Waals surface area contributed by atoms with Crippen LogP contribution in [0.5, 0.6) is 11.5 Å². The maximum absolute atomic E-state index is 12.1. The topological polar surface area (TPSA) is 50.8 Å². The Kier molecular flexibility index (Phi) is 5.45. The summed E-state index contributed by atoms with van der Waals surface area (Å²) in [7, 11) is 6.97. The molecule has 100 valence electrons. The molecule has 0 atom stereocenters. The summed E-state index contributed by atoms with van der Waals surface area (Å²) in [6.07, 6.45) is 0. The maximum atomic E-state index is 12.1. The minimum Gasteiger partial charge on any atom is -0.496 e. The molecule has 0 bridgehead atoms. The van der Waals surface area contributed by atoms with Gasteiger partial charge in [0.2, 0.25) is 0 Å². The first-order valence-electron chi connectivity index (χ1n) is 5.74. The second-order valence-corrected chi connectivity index (χ2v) is 4.10. The maximum Gasteiger partial charge on any atom is 0.258 e. The largest absolute Gasteiger partial charge is 0.496 e. The summed E-state index contributed by atoms with van der Waals surface area (Å²) in [6, 6.07) is 5.26. The van der Waals surface area contributed by atoms with E-state index in [0.717, 1.165) is 6.54 Å². The van der Waals surface area contributed by atoms with Gasteiger partial charge in [0.1, 0.15) is 17.1 Å². The van der Waals surface area contributed by atoms with Crippen molar-refractivity contribution in [1.29, 1.82) is 0 Å². The number of carbonyl (C=O) groups excluding carboxylic acids is 1. The minimum atomic E-state index is -0.189. The van der Waals surface area contributed by atoms with E-state index in [1.165, 1.54) is 14.2 Å². The number of ether oxygens (including phenoxy) is 2. The molecule has 0 saturated heterocycles. The van der Waals surface area contributed by atoms with Crippen molar-refractivity contribution in [2.45, 2.75) is 0 Å². The molecule has 1 aromatic rings. The molecule has 1 aromatic carbocycles. The van der Waals surface area contributed by atoms with E-state index in [9.17, 15) is 4.79 Å². The highest BCUT2D eigenvalue weighted by Crippen LogP contribution is 2.27. The minimum absolute atomic E-state index is 0.189. The molecule has 1 N–H and O–H groups in total. The number of carbonyl (C=O) groups is 1. The van der Waals surface area contributed by atoms with Crippen molar-refractivity contribution in [1.82, 2.24) is 10.2 Å².